The fourth-order valence-corrected chi connectivity index (χ4v) is 1.75. The number of ether oxygens (including phenoxy) is 2. The first-order valence-corrected chi connectivity index (χ1v) is 4.97. The van der Waals surface area contributed by atoms with Crippen LogP contribution in [0.1, 0.15) is 12.0 Å². The summed E-state index contributed by atoms with van der Waals surface area (Å²) in [7, 11) is 0. The van der Waals surface area contributed by atoms with E-state index in [2.05, 4.69) is 0 Å². The van der Waals surface area contributed by atoms with Crippen molar-refractivity contribution in [3.05, 3.63) is 22.7 Å². The molecule has 76 valence electrons. The number of nitrogens with two attached hydrogens (primary N) is 1. The van der Waals surface area contributed by atoms with E-state index in [9.17, 15) is 0 Å². The molecule has 0 fully saturated rings. The molecule has 0 spiro atoms. The standard InChI is InChI=1S/C10H12ClNO2/c11-8-4-7(2-1-3-12)10-9(5-8)13-6-14-10/h4-5H,1-3,6,12H2. The zero-order valence-electron chi connectivity index (χ0n) is 7.75. The molecule has 2 N–H and O–H groups in total. The zero-order valence-corrected chi connectivity index (χ0v) is 8.51. The number of hydrogen-bond acceptors (Lipinski definition) is 3. The lowest BCUT2D eigenvalue weighted by Crippen LogP contribution is -2.01. The monoisotopic (exact) mass is 213 g/mol. The Morgan fingerprint density at radius 3 is 3.00 bits per heavy atom. The number of fused-ring (bicyclic) bond motifs is 1. The predicted octanol–water partition coefficient (Wildman–Crippen LogP) is 1.96. The Labute approximate surface area is 87.8 Å². The maximum Gasteiger partial charge on any atom is 0.231 e. The van der Waals surface area contributed by atoms with E-state index < -0.39 is 0 Å². The summed E-state index contributed by atoms with van der Waals surface area (Å²) in [6.07, 6.45) is 1.80. The highest BCUT2D eigenvalue weighted by Crippen LogP contribution is 2.38. The van der Waals surface area contributed by atoms with E-state index >= 15 is 0 Å². The summed E-state index contributed by atoms with van der Waals surface area (Å²) in [5.74, 6) is 1.56. The van der Waals surface area contributed by atoms with Crippen LogP contribution in [0.5, 0.6) is 11.5 Å². The molecule has 1 aromatic carbocycles. The van der Waals surface area contributed by atoms with Crippen LogP contribution in [0.3, 0.4) is 0 Å². The van der Waals surface area contributed by atoms with E-state index in [1.807, 2.05) is 6.07 Å². The Morgan fingerprint density at radius 1 is 1.36 bits per heavy atom. The molecule has 0 radical (unpaired) electrons. The van der Waals surface area contributed by atoms with E-state index in [-0.39, 0.29) is 6.79 Å². The van der Waals surface area contributed by atoms with Crippen molar-refractivity contribution in [1.29, 1.82) is 0 Å². The van der Waals surface area contributed by atoms with Crippen LogP contribution >= 0.6 is 11.6 Å². The van der Waals surface area contributed by atoms with E-state index in [0.717, 1.165) is 29.9 Å². The summed E-state index contributed by atoms with van der Waals surface area (Å²) in [5, 5.41) is 0.682. The third-order valence-electron chi connectivity index (χ3n) is 2.16. The molecule has 0 aromatic heterocycles. The van der Waals surface area contributed by atoms with Crippen molar-refractivity contribution in [2.24, 2.45) is 5.73 Å². The first-order valence-electron chi connectivity index (χ1n) is 4.59. The summed E-state index contributed by atoms with van der Waals surface area (Å²) in [6, 6.07) is 3.68. The van der Waals surface area contributed by atoms with Crippen molar-refractivity contribution < 1.29 is 9.47 Å². The van der Waals surface area contributed by atoms with Crippen LogP contribution < -0.4 is 15.2 Å². The van der Waals surface area contributed by atoms with Gasteiger partial charge in [0.15, 0.2) is 11.5 Å². The highest BCUT2D eigenvalue weighted by atomic mass is 35.5. The lowest BCUT2D eigenvalue weighted by molar-refractivity contribution is 0.173. The van der Waals surface area contributed by atoms with E-state index in [4.69, 9.17) is 26.8 Å². The fraction of sp³-hybridized carbons (Fsp3) is 0.400. The minimum absolute atomic E-state index is 0.283. The second-order valence-corrected chi connectivity index (χ2v) is 3.63. The third kappa shape index (κ3) is 1.79. The first kappa shape index (κ1) is 9.62. The van der Waals surface area contributed by atoms with Gasteiger partial charge in [-0.05, 0) is 31.0 Å². The van der Waals surface area contributed by atoms with Gasteiger partial charge in [-0.2, -0.15) is 0 Å². The minimum Gasteiger partial charge on any atom is -0.454 e. The molecule has 4 heteroatoms. The van der Waals surface area contributed by atoms with Gasteiger partial charge in [-0.3, -0.25) is 0 Å². The SMILES string of the molecule is NCCCc1cc(Cl)cc2c1OCO2. The van der Waals surface area contributed by atoms with E-state index in [1.54, 1.807) is 6.07 Å². The number of aryl methyl sites for hydroxylation is 1. The maximum absolute atomic E-state index is 5.94. The minimum atomic E-state index is 0.283. The molecule has 0 saturated carbocycles. The van der Waals surface area contributed by atoms with Gasteiger partial charge in [-0.15, -0.1) is 0 Å². The Balaban J connectivity index is 2.29. The van der Waals surface area contributed by atoms with Crippen molar-refractivity contribution in [2.75, 3.05) is 13.3 Å². The number of halogens is 1. The topological polar surface area (TPSA) is 44.5 Å². The third-order valence-corrected chi connectivity index (χ3v) is 2.38. The van der Waals surface area contributed by atoms with E-state index in [0.29, 0.717) is 11.6 Å². The van der Waals surface area contributed by atoms with Crippen LogP contribution in [-0.4, -0.2) is 13.3 Å². The average molecular weight is 214 g/mol. The van der Waals surface area contributed by atoms with Gasteiger partial charge >= 0.3 is 0 Å². The normalized spacial score (nSPS) is 13.3. The molecule has 0 amide bonds. The molecule has 0 saturated heterocycles. The van der Waals surface area contributed by atoms with Crippen LogP contribution in [0.4, 0.5) is 0 Å². The van der Waals surface area contributed by atoms with Gasteiger partial charge < -0.3 is 15.2 Å². The average Bonchev–Trinajstić information content (AvgIpc) is 2.61. The van der Waals surface area contributed by atoms with E-state index in [1.165, 1.54) is 0 Å². The highest BCUT2D eigenvalue weighted by molar-refractivity contribution is 6.30. The summed E-state index contributed by atoms with van der Waals surface area (Å²) < 4.78 is 10.6. The molecule has 3 nitrogen and oxygen atoms in total. The summed E-state index contributed by atoms with van der Waals surface area (Å²) >= 11 is 5.94. The van der Waals surface area contributed by atoms with Crippen LogP contribution in [0.15, 0.2) is 12.1 Å². The van der Waals surface area contributed by atoms with Crippen LogP contribution in [-0.2, 0) is 6.42 Å². The molecule has 0 atom stereocenters. The maximum atomic E-state index is 5.94. The van der Waals surface area contributed by atoms with Gasteiger partial charge in [0.25, 0.3) is 0 Å². The summed E-state index contributed by atoms with van der Waals surface area (Å²) in [5.41, 5.74) is 6.53. The molecule has 1 aromatic rings. The molecule has 1 heterocycles. The molecular formula is C10H12ClNO2. The largest absolute Gasteiger partial charge is 0.454 e. The highest BCUT2D eigenvalue weighted by Gasteiger charge is 2.18. The molecule has 14 heavy (non-hydrogen) atoms. The lowest BCUT2D eigenvalue weighted by Gasteiger charge is -2.05. The van der Waals surface area contributed by atoms with Gasteiger partial charge in [-0.1, -0.05) is 11.6 Å². The Hall–Kier alpha value is -0.930. The quantitative estimate of drug-likeness (QED) is 0.835. The summed E-state index contributed by atoms with van der Waals surface area (Å²) in [4.78, 5) is 0. The smallest absolute Gasteiger partial charge is 0.231 e. The lowest BCUT2D eigenvalue weighted by atomic mass is 10.1. The van der Waals surface area contributed by atoms with Gasteiger partial charge in [0, 0.05) is 11.1 Å². The van der Waals surface area contributed by atoms with Crippen LogP contribution in [0.25, 0.3) is 0 Å². The molecular weight excluding hydrogens is 202 g/mol. The van der Waals surface area contributed by atoms with Crippen molar-refractivity contribution in [3.63, 3.8) is 0 Å². The molecule has 0 aliphatic carbocycles. The number of hydrogen-bond donors (Lipinski definition) is 1. The van der Waals surface area contributed by atoms with Gasteiger partial charge in [0.2, 0.25) is 6.79 Å². The second kappa shape index (κ2) is 4.07. The number of benzene rings is 1. The first-order chi connectivity index (χ1) is 6.81. The van der Waals surface area contributed by atoms with Crippen molar-refractivity contribution >= 4 is 11.6 Å². The van der Waals surface area contributed by atoms with Crippen LogP contribution in [0.2, 0.25) is 5.02 Å². The zero-order chi connectivity index (χ0) is 9.97. The van der Waals surface area contributed by atoms with Crippen LogP contribution in [0, 0.1) is 0 Å². The fourth-order valence-electron chi connectivity index (χ4n) is 1.52. The van der Waals surface area contributed by atoms with Gasteiger partial charge in [0.1, 0.15) is 0 Å². The van der Waals surface area contributed by atoms with Crippen molar-refractivity contribution in [2.45, 2.75) is 12.8 Å². The summed E-state index contributed by atoms with van der Waals surface area (Å²) in [6.45, 7) is 0.952. The number of rotatable bonds is 3. The van der Waals surface area contributed by atoms with Gasteiger partial charge in [0.05, 0.1) is 0 Å². The second-order valence-electron chi connectivity index (χ2n) is 3.19. The Bertz CT molecular complexity index is 341. The predicted molar refractivity (Wildman–Crippen MR) is 55.0 cm³/mol. The Morgan fingerprint density at radius 2 is 2.21 bits per heavy atom. The molecule has 1 aliphatic rings. The van der Waals surface area contributed by atoms with Crippen molar-refractivity contribution in [3.8, 4) is 11.5 Å². The van der Waals surface area contributed by atoms with Crippen molar-refractivity contribution in [1.82, 2.24) is 0 Å². The Kier molecular flexibility index (Phi) is 2.79. The molecule has 2 rings (SSSR count). The molecule has 1 aliphatic heterocycles. The van der Waals surface area contributed by atoms with Gasteiger partial charge in [-0.25, -0.2) is 0 Å². The molecule has 0 unspecified atom stereocenters. The molecule has 0 bridgehead atoms.